The fourth-order valence-electron chi connectivity index (χ4n) is 2.47. The van der Waals surface area contributed by atoms with E-state index in [0.29, 0.717) is 19.8 Å². The summed E-state index contributed by atoms with van der Waals surface area (Å²) in [6, 6.07) is 10.0. The lowest BCUT2D eigenvalue weighted by atomic mass is 9.68. The molecule has 0 aliphatic carbocycles. The van der Waals surface area contributed by atoms with Crippen LogP contribution in [0.25, 0.3) is 0 Å². The molecular formula is C12H17BNO3-. The average Bonchev–Trinajstić information content (AvgIpc) is 2.28. The van der Waals surface area contributed by atoms with E-state index in [4.69, 9.17) is 14.0 Å². The maximum Gasteiger partial charge on any atom is 0.409 e. The molecule has 0 spiro atoms. The minimum absolute atomic E-state index is 0.662. The maximum atomic E-state index is 5.90. The van der Waals surface area contributed by atoms with Crippen LogP contribution in [0.1, 0.15) is 0 Å². The lowest BCUT2D eigenvalue weighted by Crippen LogP contribution is -2.62. The van der Waals surface area contributed by atoms with Crippen molar-refractivity contribution in [3.63, 3.8) is 0 Å². The van der Waals surface area contributed by atoms with Gasteiger partial charge in [0.1, 0.15) is 0 Å². The average molecular weight is 234 g/mol. The first-order valence-electron chi connectivity index (χ1n) is 6.22. The van der Waals surface area contributed by atoms with Gasteiger partial charge in [-0.05, 0) is 0 Å². The Morgan fingerprint density at radius 1 is 0.824 bits per heavy atom. The lowest BCUT2D eigenvalue weighted by Gasteiger charge is -2.47. The van der Waals surface area contributed by atoms with Crippen LogP contribution >= 0.6 is 0 Å². The number of benzene rings is 1. The summed E-state index contributed by atoms with van der Waals surface area (Å²) < 4.78 is 17.7. The molecule has 0 N–H and O–H groups in total. The second-order valence-corrected chi connectivity index (χ2v) is 4.51. The topological polar surface area (TPSA) is 30.9 Å². The van der Waals surface area contributed by atoms with E-state index in [-0.39, 0.29) is 0 Å². The van der Waals surface area contributed by atoms with Gasteiger partial charge in [-0.1, -0.05) is 30.3 Å². The van der Waals surface area contributed by atoms with Gasteiger partial charge in [0.25, 0.3) is 0 Å². The molecule has 1 aromatic rings. The Labute approximate surface area is 101 Å². The Bertz CT molecular complexity index is 347. The number of rotatable bonds is 1. The predicted molar refractivity (Wildman–Crippen MR) is 66.1 cm³/mol. The second kappa shape index (κ2) is 4.78. The first-order valence-corrected chi connectivity index (χ1v) is 6.22. The van der Waals surface area contributed by atoms with E-state index in [1.165, 1.54) is 0 Å². The fraction of sp³-hybridized carbons (Fsp3) is 0.500. The highest BCUT2D eigenvalue weighted by Gasteiger charge is 2.34. The summed E-state index contributed by atoms with van der Waals surface area (Å²) in [6.07, 6.45) is 0. The van der Waals surface area contributed by atoms with E-state index in [9.17, 15) is 0 Å². The zero-order valence-electron chi connectivity index (χ0n) is 9.88. The molecule has 4 rings (SSSR count). The third-order valence-corrected chi connectivity index (χ3v) is 3.44. The minimum atomic E-state index is -1.73. The monoisotopic (exact) mass is 234 g/mol. The van der Waals surface area contributed by atoms with E-state index >= 15 is 0 Å². The normalized spacial score (nSPS) is 33.8. The van der Waals surface area contributed by atoms with Crippen LogP contribution < -0.4 is 5.46 Å². The molecule has 1 aromatic carbocycles. The molecule has 0 amide bonds. The number of fused-ring (bicyclic) bond motifs is 6. The molecule has 5 heteroatoms. The molecule has 4 nitrogen and oxygen atoms in total. The number of nitrogens with zero attached hydrogens (tertiary/aromatic N) is 1. The molecule has 92 valence electrons. The molecule has 3 aliphatic rings. The molecular weight excluding hydrogens is 217 g/mol. The van der Waals surface area contributed by atoms with E-state index < -0.39 is 6.75 Å². The van der Waals surface area contributed by atoms with E-state index in [2.05, 4.69) is 4.90 Å². The van der Waals surface area contributed by atoms with Crippen LogP contribution in [0.15, 0.2) is 30.3 Å². The minimum Gasteiger partial charge on any atom is -0.540 e. The van der Waals surface area contributed by atoms with Gasteiger partial charge in [-0.3, -0.25) is 4.90 Å². The molecule has 3 saturated heterocycles. The molecule has 3 fully saturated rings. The van der Waals surface area contributed by atoms with Gasteiger partial charge in [-0.2, -0.15) is 0 Å². The molecule has 0 unspecified atom stereocenters. The molecule has 0 radical (unpaired) electrons. The molecule has 17 heavy (non-hydrogen) atoms. The Balaban J connectivity index is 1.91. The van der Waals surface area contributed by atoms with Gasteiger partial charge in [-0.25, -0.2) is 0 Å². The summed E-state index contributed by atoms with van der Waals surface area (Å²) in [4.78, 5) is 2.31. The Morgan fingerprint density at radius 3 is 1.88 bits per heavy atom. The van der Waals surface area contributed by atoms with Crippen LogP contribution in [-0.2, 0) is 14.0 Å². The Hall–Kier alpha value is -0.875. The lowest BCUT2D eigenvalue weighted by molar-refractivity contribution is 0.00141. The quantitative estimate of drug-likeness (QED) is 0.650. The smallest absolute Gasteiger partial charge is 0.409 e. The fourth-order valence-corrected chi connectivity index (χ4v) is 2.47. The summed E-state index contributed by atoms with van der Waals surface area (Å²) in [7, 11) is 0. The Kier molecular flexibility index (Phi) is 3.16. The van der Waals surface area contributed by atoms with Crippen LogP contribution in [0, 0.1) is 0 Å². The van der Waals surface area contributed by atoms with Gasteiger partial charge in [-0.15, -0.1) is 5.46 Å². The molecule has 0 aromatic heterocycles. The van der Waals surface area contributed by atoms with E-state index in [1.807, 2.05) is 30.3 Å². The maximum absolute atomic E-state index is 5.90. The van der Waals surface area contributed by atoms with Crippen molar-refractivity contribution in [2.75, 3.05) is 39.5 Å². The van der Waals surface area contributed by atoms with Crippen LogP contribution in [0.2, 0.25) is 0 Å². The predicted octanol–water partition coefficient (Wildman–Crippen LogP) is 0.212. The van der Waals surface area contributed by atoms with Crippen molar-refractivity contribution in [1.82, 2.24) is 4.90 Å². The van der Waals surface area contributed by atoms with Crippen molar-refractivity contribution >= 4 is 12.2 Å². The van der Waals surface area contributed by atoms with Crippen molar-refractivity contribution in [3.8, 4) is 0 Å². The zero-order valence-corrected chi connectivity index (χ0v) is 9.88. The highest BCUT2D eigenvalue weighted by molar-refractivity contribution is 6.75. The standard InChI is InChI=1S/C12H17BNO3/c1-2-4-12(5-3-1)13-15-9-6-14(7-10-16-13)8-11-17-13/h1-5H,6-11H2/q-1. The zero-order chi connectivity index (χ0) is 11.6. The second-order valence-electron chi connectivity index (χ2n) is 4.51. The highest BCUT2D eigenvalue weighted by Crippen LogP contribution is 2.15. The largest absolute Gasteiger partial charge is 0.540 e. The summed E-state index contributed by atoms with van der Waals surface area (Å²) >= 11 is 0. The van der Waals surface area contributed by atoms with Gasteiger partial charge in [0.2, 0.25) is 0 Å². The summed E-state index contributed by atoms with van der Waals surface area (Å²) in [5.41, 5.74) is 1.00. The number of hydrogen-bond donors (Lipinski definition) is 0. The molecule has 2 bridgehead atoms. The van der Waals surface area contributed by atoms with E-state index in [1.54, 1.807) is 0 Å². The summed E-state index contributed by atoms with van der Waals surface area (Å²) in [5.74, 6) is 0. The van der Waals surface area contributed by atoms with Gasteiger partial charge >= 0.3 is 6.75 Å². The summed E-state index contributed by atoms with van der Waals surface area (Å²) in [5, 5.41) is 0. The molecule has 3 aliphatic heterocycles. The Morgan fingerprint density at radius 2 is 1.35 bits per heavy atom. The highest BCUT2D eigenvalue weighted by atomic mass is 16.8. The first kappa shape index (κ1) is 11.2. The van der Waals surface area contributed by atoms with Crippen molar-refractivity contribution in [1.29, 1.82) is 0 Å². The van der Waals surface area contributed by atoms with Crippen LogP contribution in [0.5, 0.6) is 0 Å². The third kappa shape index (κ3) is 2.24. The van der Waals surface area contributed by atoms with Crippen molar-refractivity contribution in [2.45, 2.75) is 0 Å². The van der Waals surface area contributed by atoms with Crippen LogP contribution in [-0.4, -0.2) is 51.1 Å². The van der Waals surface area contributed by atoms with Gasteiger partial charge < -0.3 is 14.0 Å². The van der Waals surface area contributed by atoms with Gasteiger partial charge in [0, 0.05) is 39.5 Å². The van der Waals surface area contributed by atoms with Crippen LogP contribution in [0.3, 0.4) is 0 Å². The van der Waals surface area contributed by atoms with Gasteiger partial charge in [0.15, 0.2) is 0 Å². The number of hydrogen-bond acceptors (Lipinski definition) is 4. The third-order valence-electron chi connectivity index (χ3n) is 3.44. The van der Waals surface area contributed by atoms with E-state index in [0.717, 1.165) is 25.1 Å². The van der Waals surface area contributed by atoms with Gasteiger partial charge in [0.05, 0.1) is 0 Å². The van der Waals surface area contributed by atoms with Crippen LogP contribution in [0.4, 0.5) is 0 Å². The molecule has 0 atom stereocenters. The summed E-state index contributed by atoms with van der Waals surface area (Å²) in [6.45, 7) is 3.14. The van der Waals surface area contributed by atoms with Crippen molar-refractivity contribution < 1.29 is 14.0 Å². The molecule has 0 saturated carbocycles. The van der Waals surface area contributed by atoms with Crippen molar-refractivity contribution in [2.24, 2.45) is 0 Å². The molecule has 3 heterocycles. The SMILES string of the molecule is c1ccc([B-]23OCCN(CCO2)CCO3)cc1. The van der Waals surface area contributed by atoms with Crippen molar-refractivity contribution in [3.05, 3.63) is 30.3 Å². The first-order chi connectivity index (χ1) is 8.39.